The van der Waals surface area contributed by atoms with E-state index >= 15 is 0 Å². The summed E-state index contributed by atoms with van der Waals surface area (Å²) in [6, 6.07) is 15.6. The monoisotopic (exact) mass is 356 g/mol. The van der Waals surface area contributed by atoms with Gasteiger partial charge in [0.15, 0.2) is 5.82 Å². The van der Waals surface area contributed by atoms with Crippen molar-refractivity contribution < 1.29 is 9.47 Å². The van der Waals surface area contributed by atoms with Gasteiger partial charge in [-0.15, -0.1) is 10.2 Å². The summed E-state index contributed by atoms with van der Waals surface area (Å²) in [6.45, 7) is 2.56. The Labute approximate surface area is 150 Å². The van der Waals surface area contributed by atoms with Gasteiger partial charge in [0, 0.05) is 11.3 Å². The Kier molecular flexibility index (Phi) is 5.45. The molecule has 0 saturated carbocycles. The first-order chi connectivity index (χ1) is 12.2. The standard InChI is InChI=1S/C18H20N4O2S/c1-3-24-16-9-5-7-14(11-16)17-20-21-18(22(17)19)25-12-13-6-4-8-15(10-13)23-2/h4-11H,3,12,19H2,1-2H3. The summed E-state index contributed by atoms with van der Waals surface area (Å²) in [5.74, 6) is 9.14. The van der Waals surface area contributed by atoms with Crippen LogP contribution in [0.2, 0.25) is 0 Å². The lowest BCUT2D eigenvalue weighted by Crippen LogP contribution is -2.11. The molecule has 0 bridgehead atoms. The van der Waals surface area contributed by atoms with Crippen molar-refractivity contribution >= 4 is 11.8 Å². The van der Waals surface area contributed by atoms with E-state index < -0.39 is 0 Å². The minimum atomic E-state index is 0.606. The van der Waals surface area contributed by atoms with E-state index in [1.807, 2.05) is 55.5 Å². The number of nitrogen functional groups attached to an aromatic ring is 1. The molecule has 0 saturated heterocycles. The lowest BCUT2D eigenvalue weighted by Gasteiger charge is -2.07. The second-order valence-electron chi connectivity index (χ2n) is 5.28. The van der Waals surface area contributed by atoms with E-state index in [1.165, 1.54) is 16.4 Å². The van der Waals surface area contributed by atoms with Crippen LogP contribution >= 0.6 is 11.8 Å². The Morgan fingerprint density at radius 3 is 2.68 bits per heavy atom. The predicted molar refractivity (Wildman–Crippen MR) is 99.3 cm³/mol. The lowest BCUT2D eigenvalue weighted by molar-refractivity contribution is 0.340. The number of ether oxygens (including phenoxy) is 2. The van der Waals surface area contributed by atoms with Crippen LogP contribution < -0.4 is 15.3 Å². The van der Waals surface area contributed by atoms with Crippen molar-refractivity contribution in [3.8, 4) is 22.9 Å². The second kappa shape index (κ2) is 7.94. The average Bonchev–Trinajstić information content (AvgIpc) is 3.01. The Bertz CT molecular complexity index is 851. The van der Waals surface area contributed by atoms with E-state index in [0.29, 0.717) is 17.6 Å². The van der Waals surface area contributed by atoms with Gasteiger partial charge >= 0.3 is 0 Å². The van der Waals surface area contributed by atoms with Gasteiger partial charge in [-0.3, -0.25) is 0 Å². The third-order valence-corrected chi connectivity index (χ3v) is 4.58. The SMILES string of the molecule is CCOc1cccc(-c2nnc(SCc3cccc(OC)c3)n2N)c1. The quantitative estimate of drug-likeness (QED) is 0.517. The summed E-state index contributed by atoms with van der Waals surface area (Å²) in [4.78, 5) is 0. The number of rotatable bonds is 7. The van der Waals surface area contributed by atoms with Crippen molar-refractivity contribution in [2.45, 2.75) is 17.8 Å². The van der Waals surface area contributed by atoms with E-state index in [4.69, 9.17) is 15.3 Å². The highest BCUT2D eigenvalue weighted by Crippen LogP contribution is 2.27. The molecule has 0 aliphatic heterocycles. The summed E-state index contributed by atoms with van der Waals surface area (Å²) >= 11 is 1.53. The maximum Gasteiger partial charge on any atom is 0.210 e. The lowest BCUT2D eigenvalue weighted by atomic mass is 10.2. The van der Waals surface area contributed by atoms with Crippen molar-refractivity contribution in [3.63, 3.8) is 0 Å². The van der Waals surface area contributed by atoms with Crippen molar-refractivity contribution in [2.75, 3.05) is 19.6 Å². The van der Waals surface area contributed by atoms with E-state index in [1.54, 1.807) is 7.11 Å². The molecule has 7 heteroatoms. The molecule has 0 atom stereocenters. The number of hydrogen-bond donors (Lipinski definition) is 1. The molecular formula is C18H20N4O2S. The summed E-state index contributed by atoms with van der Waals surface area (Å²) < 4.78 is 12.3. The average molecular weight is 356 g/mol. The molecule has 0 spiro atoms. The number of hydrogen-bond acceptors (Lipinski definition) is 6. The molecule has 1 aromatic heterocycles. The fourth-order valence-corrected chi connectivity index (χ4v) is 3.17. The maximum absolute atomic E-state index is 6.18. The van der Waals surface area contributed by atoms with E-state index in [2.05, 4.69) is 10.2 Å². The predicted octanol–water partition coefficient (Wildman–Crippen LogP) is 3.36. The third-order valence-electron chi connectivity index (χ3n) is 3.57. The van der Waals surface area contributed by atoms with E-state index in [0.717, 1.165) is 28.4 Å². The molecule has 1 heterocycles. The number of nitrogens with two attached hydrogens (primary N) is 1. The molecule has 130 valence electrons. The first-order valence-electron chi connectivity index (χ1n) is 7.90. The normalized spacial score (nSPS) is 10.6. The molecular weight excluding hydrogens is 336 g/mol. The molecule has 0 unspecified atom stereocenters. The number of thioether (sulfide) groups is 1. The smallest absolute Gasteiger partial charge is 0.210 e. The highest BCUT2D eigenvalue weighted by atomic mass is 32.2. The second-order valence-corrected chi connectivity index (χ2v) is 6.22. The fraction of sp³-hybridized carbons (Fsp3) is 0.222. The Hall–Kier alpha value is -2.67. The summed E-state index contributed by atoms with van der Waals surface area (Å²) in [7, 11) is 1.66. The summed E-state index contributed by atoms with van der Waals surface area (Å²) in [5, 5.41) is 9.08. The number of methoxy groups -OCH3 is 1. The van der Waals surface area contributed by atoms with Crippen LogP contribution in [0, 0.1) is 0 Å². The maximum atomic E-state index is 6.18. The van der Waals surface area contributed by atoms with Gasteiger partial charge in [0.05, 0.1) is 13.7 Å². The van der Waals surface area contributed by atoms with Gasteiger partial charge < -0.3 is 15.3 Å². The number of nitrogens with zero attached hydrogens (tertiary/aromatic N) is 3. The van der Waals surface area contributed by atoms with E-state index in [9.17, 15) is 0 Å². The third kappa shape index (κ3) is 4.06. The molecule has 2 aromatic carbocycles. The first-order valence-corrected chi connectivity index (χ1v) is 8.89. The molecule has 0 fully saturated rings. The van der Waals surface area contributed by atoms with E-state index in [-0.39, 0.29) is 0 Å². The van der Waals surface area contributed by atoms with Gasteiger partial charge in [-0.25, -0.2) is 4.68 Å². The van der Waals surface area contributed by atoms with Crippen LogP contribution in [0.4, 0.5) is 0 Å². The van der Waals surface area contributed by atoms with Gasteiger partial charge in [-0.05, 0) is 36.8 Å². The zero-order valence-corrected chi connectivity index (χ0v) is 15.0. The zero-order valence-electron chi connectivity index (χ0n) is 14.2. The fourth-order valence-electron chi connectivity index (χ4n) is 2.37. The van der Waals surface area contributed by atoms with Crippen LogP contribution in [0.25, 0.3) is 11.4 Å². The highest BCUT2D eigenvalue weighted by Gasteiger charge is 2.13. The minimum absolute atomic E-state index is 0.606. The summed E-state index contributed by atoms with van der Waals surface area (Å²) in [5.41, 5.74) is 2.00. The van der Waals surface area contributed by atoms with Crippen molar-refractivity contribution in [1.29, 1.82) is 0 Å². The molecule has 3 aromatic rings. The van der Waals surface area contributed by atoms with Gasteiger partial charge in [0.25, 0.3) is 0 Å². The van der Waals surface area contributed by atoms with Crippen molar-refractivity contribution in [3.05, 3.63) is 54.1 Å². The molecule has 25 heavy (non-hydrogen) atoms. The molecule has 0 aliphatic carbocycles. The van der Waals surface area contributed by atoms with Crippen LogP contribution in [0.5, 0.6) is 11.5 Å². The van der Waals surface area contributed by atoms with Crippen molar-refractivity contribution in [1.82, 2.24) is 14.9 Å². The largest absolute Gasteiger partial charge is 0.497 e. The Morgan fingerprint density at radius 2 is 1.88 bits per heavy atom. The van der Waals surface area contributed by atoms with Crippen LogP contribution in [0.1, 0.15) is 12.5 Å². The number of aromatic nitrogens is 3. The van der Waals surface area contributed by atoms with Crippen LogP contribution in [-0.4, -0.2) is 28.6 Å². The molecule has 0 aliphatic rings. The topological polar surface area (TPSA) is 75.2 Å². The van der Waals surface area contributed by atoms with Gasteiger partial charge in [-0.1, -0.05) is 36.0 Å². The molecule has 3 rings (SSSR count). The van der Waals surface area contributed by atoms with Gasteiger partial charge in [0.1, 0.15) is 11.5 Å². The Balaban J connectivity index is 1.75. The number of benzene rings is 2. The molecule has 0 amide bonds. The van der Waals surface area contributed by atoms with Gasteiger partial charge in [0.2, 0.25) is 5.16 Å². The Morgan fingerprint density at radius 1 is 1.08 bits per heavy atom. The van der Waals surface area contributed by atoms with Crippen LogP contribution in [0.15, 0.2) is 53.7 Å². The summed E-state index contributed by atoms with van der Waals surface area (Å²) in [6.07, 6.45) is 0. The highest BCUT2D eigenvalue weighted by molar-refractivity contribution is 7.98. The van der Waals surface area contributed by atoms with Gasteiger partial charge in [-0.2, -0.15) is 0 Å². The van der Waals surface area contributed by atoms with Crippen LogP contribution in [0.3, 0.4) is 0 Å². The molecule has 0 radical (unpaired) electrons. The van der Waals surface area contributed by atoms with Crippen LogP contribution in [-0.2, 0) is 5.75 Å². The molecule has 2 N–H and O–H groups in total. The van der Waals surface area contributed by atoms with Crippen molar-refractivity contribution in [2.24, 2.45) is 0 Å². The zero-order chi connectivity index (χ0) is 17.6. The minimum Gasteiger partial charge on any atom is -0.497 e. The first kappa shape index (κ1) is 17.2. The molecule has 6 nitrogen and oxygen atoms in total.